The van der Waals surface area contributed by atoms with E-state index in [2.05, 4.69) is 11.0 Å². The summed E-state index contributed by atoms with van der Waals surface area (Å²) in [6.07, 6.45) is 0.739. The Morgan fingerprint density at radius 3 is 2.62 bits per heavy atom. The molecule has 2 aromatic rings. The third kappa shape index (κ3) is 3.69. The molecule has 0 heterocycles. The van der Waals surface area contributed by atoms with Crippen LogP contribution in [0.5, 0.6) is 5.75 Å². The number of nitrogens with zero attached hydrogens (tertiary/aromatic N) is 1. The van der Waals surface area contributed by atoms with Gasteiger partial charge in [-0.05, 0) is 43.2 Å². The molecule has 0 aliphatic rings. The lowest BCUT2D eigenvalue weighted by Crippen LogP contribution is -2.20. The number of anilines is 2. The Kier molecular flexibility index (Phi) is 5.10. The topological polar surface area (TPSA) is 38.5 Å². The summed E-state index contributed by atoms with van der Waals surface area (Å²) in [6.45, 7) is 1.98. The van der Waals surface area contributed by atoms with Crippen LogP contribution in [0, 0.1) is 0 Å². The number of hydrogen-bond acceptors (Lipinski definition) is 3. The highest BCUT2D eigenvalue weighted by Gasteiger charge is 2.14. The molecule has 0 bridgehead atoms. The van der Waals surface area contributed by atoms with E-state index in [-0.39, 0.29) is 6.04 Å². The van der Waals surface area contributed by atoms with Crippen molar-refractivity contribution >= 4 is 23.0 Å². The fourth-order valence-corrected chi connectivity index (χ4v) is 2.59. The highest BCUT2D eigenvalue weighted by atomic mass is 35.5. The number of benzene rings is 2. The summed E-state index contributed by atoms with van der Waals surface area (Å²) in [5.41, 5.74) is 9.13. The van der Waals surface area contributed by atoms with Crippen LogP contribution in [-0.2, 0) is 6.42 Å². The minimum absolute atomic E-state index is 0.0577. The van der Waals surface area contributed by atoms with Gasteiger partial charge >= 0.3 is 0 Å². The molecule has 3 nitrogen and oxygen atoms in total. The van der Waals surface area contributed by atoms with Gasteiger partial charge in [-0.1, -0.05) is 23.7 Å². The van der Waals surface area contributed by atoms with Gasteiger partial charge in [-0.3, -0.25) is 0 Å². The molecule has 0 aliphatic carbocycles. The highest BCUT2D eigenvalue weighted by Crippen LogP contribution is 2.33. The molecule has 1 unspecified atom stereocenters. The van der Waals surface area contributed by atoms with Gasteiger partial charge in [-0.25, -0.2) is 0 Å². The van der Waals surface area contributed by atoms with Crippen molar-refractivity contribution in [2.75, 3.05) is 19.1 Å². The van der Waals surface area contributed by atoms with E-state index < -0.39 is 0 Å². The first-order valence-electron chi connectivity index (χ1n) is 6.93. The van der Waals surface area contributed by atoms with Gasteiger partial charge in [0.1, 0.15) is 5.75 Å². The molecular formula is C17H21ClN2O. The van der Waals surface area contributed by atoms with Gasteiger partial charge in [0.15, 0.2) is 0 Å². The second-order valence-electron chi connectivity index (χ2n) is 5.18. The number of halogens is 1. The lowest BCUT2D eigenvalue weighted by Gasteiger charge is -2.24. The van der Waals surface area contributed by atoms with Gasteiger partial charge < -0.3 is 15.4 Å². The molecule has 0 aromatic heterocycles. The lowest BCUT2D eigenvalue weighted by atomic mass is 10.0. The lowest BCUT2D eigenvalue weighted by molar-refractivity contribution is 0.415. The smallest absolute Gasteiger partial charge is 0.120 e. The molecule has 112 valence electrons. The number of hydrogen-bond donors (Lipinski definition) is 1. The van der Waals surface area contributed by atoms with E-state index in [1.54, 1.807) is 7.11 Å². The van der Waals surface area contributed by atoms with Gasteiger partial charge in [0, 0.05) is 35.6 Å². The average Bonchev–Trinajstić information content (AvgIpc) is 2.48. The fourth-order valence-electron chi connectivity index (χ4n) is 2.34. The van der Waals surface area contributed by atoms with Gasteiger partial charge in [-0.15, -0.1) is 0 Å². The first kappa shape index (κ1) is 15.7. The van der Waals surface area contributed by atoms with Crippen LogP contribution in [0.4, 0.5) is 11.4 Å². The van der Waals surface area contributed by atoms with Crippen molar-refractivity contribution < 1.29 is 4.74 Å². The van der Waals surface area contributed by atoms with Gasteiger partial charge in [0.05, 0.1) is 7.11 Å². The van der Waals surface area contributed by atoms with Gasteiger partial charge in [0.2, 0.25) is 0 Å². The molecule has 0 fully saturated rings. The number of methoxy groups -OCH3 is 1. The van der Waals surface area contributed by atoms with Gasteiger partial charge in [-0.2, -0.15) is 0 Å². The van der Waals surface area contributed by atoms with Crippen LogP contribution in [0.25, 0.3) is 0 Å². The molecule has 2 rings (SSSR count). The van der Waals surface area contributed by atoms with Crippen molar-refractivity contribution in [3.05, 3.63) is 53.1 Å². The van der Waals surface area contributed by atoms with E-state index in [4.69, 9.17) is 22.1 Å². The summed E-state index contributed by atoms with van der Waals surface area (Å²) < 4.78 is 5.29. The Morgan fingerprint density at radius 1 is 1.24 bits per heavy atom. The number of ether oxygens (including phenoxy) is 1. The Balaban J connectivity index is 2.42. The Hall–Kier alpha value is -1.71. The maximum absolute atomic E-state index is 6.36. The second kappa shape index (κ2) is 6.83. The average molecular weight is 305 g/mol. The first-order chi connectivity index (χ1) is 10.0. The molecule has 0 saturated carbocycles. The molecular weight excluding hydrogens is 284 g/mol. The summed E-state index contributed by atoms with van der Waals surface area (Å²) >= 11 is 6.36. The maximum Gasteiger partial charge on any atom is 0.120 e. The standard InChI is InChI=1S/C17H21ClN2O/c1-12(19)10-15-16(18)8-5-9-17(15)20(2)13-6-4-7-14(11-13)21-3/h4-9,11-12H,10,19H2,1-3H3. The molecule has 2 aromatic carbocycles. The largest absolute Gasteiger partial charge is 0.497 e. The normalized spacial score (nSPS) is 12.0. The number of rotatable bonds is 5. The molecule has 21 heavy (non-hydrogen) atoms. The Morgan fingerprint density at radius 2 is 1.95 bits per heavy atom. The monoisotopic (exact) mass is 304 g/mol. The van der Waals surface area contributed by atoms with Crippen molar-refractivity contribution in [3.8, 4) is 5.75 Å². The predicted octanol–water partition coefficient (Wildman–Crippen LogP) is 4.01. The predicted molar refractivity (Wildman–Crippen MR) is 89.9 cm³/mol. The SMILES string of the molecule is COc1cccc(N(C)c2cccc(Cl)c2CC(C)N)c1. The van der Waals surface area contributed by atoms with E-state index in [1.165, 1.54) is 0 Å². The third-order valence-electron chi connectivity index (χ3n) is 3.42. The van der Waals surface area contributed by atoms with Crippen molar-refractivity contribution in [2.24, 2.45) is 5.73 Å². The summed E-state index contributed by atoms with van der Waals surface area (Å²) in [5.74, 6) is 0.829. The van der Waals surface area contributed by atoms with Crippen LogP contribution in [0.15, 0.2) is 42.5 Å². The molecule has 1 atom stereocenters. The van der Waals surface area contributed by atoms with Crippen molar-refractivity contribution in [2.45, 2.75) is 19.4 Å². The highest BCUT2D eigenvalue weighted by molar-refractivity contribution is 6.31. The van der Waals surface area contributed by atoms with Crippen LogP contribution in [0.3, 0.4) is 0 Å². The number of nitrogens with two attached hydrogens (primary N) is 1. The third-order valence-corrected chi connectivity index (χ3v) is 3.78. The van der Waals surface area contributed by atoms with Crippen molar-refractivity contribution in [1.82, 2.24) is 0 Å². The summed E-state index contributed by atoms with van der Waals surface area (Å²) in [5, 5.41) is 0.750. The summed E-state index contributed by atoms with van der Waals surface area (Å²) in [6, 6.07) is 13.9. The zero-order valence-corrected chi connectivity index (χ0v) is 13.4. The molecule has 0 aliphatic heterocycles. The van der Waals surface area contributed by atoms with Crippen LogP contribution in [-0.4, -0.2) is 20.2 Å². The van der Waals surface area contributed by atoms with E-state index in [1.807, 2.05) is 50.4 Å². The minimum atomic E-state index is 0.0577. The van der Waals surface area contributed by atoms with Gasteiger partial charge in [0.25, 0.3) is 0 Å². The summed E-state index contributed by atoms with van der Waals surface area (Å²) in [4.78, 5) is 2.10. The fraction of sp³-hybridized carbons (Fsp3) is 0.294. The molecule has 0 amide bonds. The molecule has 2 N–H and O–H groups in total. The quantitative estimate of drug-likeness (QED) is 0.907. The summed E-state index contributed by atoms with van der Waals surface area (Å²) in [7, 11) is 3.69. The zero-order chi connectivity index (χ0) is 15.4. The maximum atomic E-state index is 6.36. The molecule has 0 spiro atoms. The molecule has 0 saturated heterocycles. The molecule has 4 heteroatoms. The second-order valence-corrected chi connectivity index (χ2v) is 5.59. The Labute approximate surface area is 131 Å². The Bertz CT molecular complexity index is 613. The van der Waals surface area contributed by atoms with Crippen LogP contribution >= 0.6 is 11.6 Å². The zero-order valence-electron chi connectivity index (χ0n) is 12.6. The van der Waals surface area contributed by atoms with Crippen molar-refractivity contribution in [1.29, 1.82) is 0 Å². The van der Waals surface area contributed by atoms with E-state index >= 15 is 0 Å². The van der Waals surface area contributed by atoms with Crippen molar-refractivity contribution in [3.63, 3.8) is 0 Å². The first-order valence-corrected chi connectivity index (χ1v) is 7.31. The van der Waals surface area contributed by atoms with Crippen LogP contribution in [0.2, 0.25) is 5.02 Å². The van der Waals surface area contributed by atoms with E-state index in [0.29, 0.717) is 0 Å². The van der Waals surface area contributed by atoms with Crippen LogP contribution < -0.4 is 15.4 Å². The van der Waals surface area contributed by atoms with E-state index in [9.17, 15) is 0 Å². The van der Waals surface area contributed by atoms with E-state index in [0.717, 1.165) is 34.1 Å². The minimum Gasteiger partial charge on any atom is -0.497 e. The van der Waals surface area contributed by atoms with Crippen LogP contribution in [0.1, 0.15) is 12.5 Å². The molecule has 0 radical (unpaired) electrons.